The van der Waals surface area contributed by atoms with Crippen molar-refractivity contribution in [3.05, 3.63) is 46.3 Å². The summed E-state index contributed by atoms with van der Waals surface area (Å²) in [5.74, 6) is 0. The number of rotatable bonds is 5. The number of nitrogens with zero attached hydrogens (tertiary/aromatic N) is 3. The van der Waals surface area contributed by atoms with Gasteiger partial charge in [0.05, 0.1) is 23.6 Å². The SMILES string of the molecule is Cc1n[nH]c(C)c1S(=O)(=O)NCc1nc(-c2ccncc2)cs1. The molecule has 0 saturated carbocycles. The number of pyridine rings is 1. The van der Waals surface area contributed by atoms with E-state index in [0.29, 0.717) is 16.4 Å². The Balaban J connectivity index is 1.75. The molecule has 0 amide bonds. The van der Waals surface area contributed by atoms with E-state index in [4.69, 9.17) is 0 Å². The van der Waals surface area contributed by atoms with E-state index in [0.717, 1.165) is 11.3 Å². The third-order valence-electron chi connectivity index (χ3n) is 3.27. The lowest BCUT2D eigenvalue weighted by Gasteiger charge is -2.05. The highest BCUT2D eigenvalue weighted by atomic mass is 32.2. The molecule has 3 heterocycles. The molecular formula is C14H15N5O2S2. The van der Waals surface area contributed by atoms with Crippen molar-refractivity contribution in [3.63, 3.8) is 0 Å². The molecule has 0 saturated heterocycles. The minimum atomic E-state index is -3.62. The van der Waals surface area contributed by atoms with Crippen LogP contribution < -0.4 is 4.72 Å². The maximum atomic E-state index is 12.4. The number of nitrogens with one attached hydrogen (secondary N) is 2. The molecule has 0 unspecified atom stereocenters. The molecule has 3 rings (SSSR count). The Hall–Kier alpha value is -2.10. The van der Waals surface area contributed by atoms with Gasteiger partial charge in [0, 0.05) is 23.3 Å². The molecule has 0 aliphatic heterocycles. The summed E-state index contributed by atoms with van der Waals surface area (Å²) in [6, 6.07) is 3.72. The van der Waals surface area contributed by atoms with Crippen LogP contribution in [0.5, 0.6) is 0 Å². The van der Waals surface area contributed by atoms with E-state index in [1.807, 2.05) is 17.5 Å². The molecule has 23 heavy (non-hydrogen) atoms. The summed E-state index contributed by atoms with van der Waals surface area (Å²) in [5, 5.41) is 9.19. The van der Waals surface area contributed by atoms with Gasteiger partial charge in [0.15, 0.2) is 0 Å². The van der Waals surface area contributed by atoms with Gasteiger partial charge < -0.3 is 0 Å². The van der Waals surface area contributed by atoms with Gasteiger partial charge in [-0.2, -0.15) is 5.10 Å². The molecule has 0 fully saturated rings. The number of H-pyrrole nitrogens is 1. The van der Waals surface area contributed by atoms with Gasteiger partial charge in [0.2, 0.25) is 10.0 Å². The van der Waals surface area contributed by atoms with Gasteiger partial charge in [0.1, 0.15) is 9.90 Å². The smallest absolute Gasteiger partial charge is 0.244 e. The number of sulfonamides is 1. The molecule has 3 aromatic heterocycles. The van der Waals surface area contributed by atoms with E-state index in [2.05, 4.69) is 24.9 Å². The highest BCUT2D eigenvalue weighted by Crippen LogP contribution is 2.22. The predicted molar refractivity (Wildman–Crippen MR) is 87.4 cm³/mol. The zero-order chi connectivity index (χ0) is 16.4. The minimum absolute atomic E-state index is 0.141. The first-order valence-corrected chi connectivity index (χ1v) is 9.19. The van der Waals surface area contributed by atoms with Gasteiger partial charge in [-0.1, -0.05) is 0 Å². The monoisotopic (exact) mass is 349 g/mol. The Morgan fingerprint density at radius 1 is 1.26 bits per heavy atom. The summed E-state index contributed by atoms with van der Waals surface area (Å²) in [7, 11) is -3.62. The van der Waals surface area contributed by atoms with Crippen LogP contribution in [-0.2, 0) is 16.6 Å². The predicted octanol–water partition coefficient (Wildman–Crippen LogP) is 2.02. The largest absolute Gasteiger partial charge is 0.281 e. The fourth-order valence-electron chi connectivity index (χ4n) is 2.21. The second kappa shape index (κ2) is 6.19. The lowest BCUT2D eigenvalue weighted by Crippen LogP contribution is -2.24. The highest BCUT2D eigenvalue weighted by molar-refractivity contribution is 7.89. The van der Waals surface area contributed by atoms with Crippen molar-refractivity contribution >= 4 is 21.4 Å². The van der Waals surface area contributed by atoms with Gasteiger partial charge in [-0.25, -0.2) is 18.1 Å². The molecular weight excluding hydrogens is 334 g/mol. The fraction of sp³-hybridized carbons (Fsp3) is 0.214. The average molecular weight is 349 g/mol. The second-order valence-corrected chi connectivity index (χ2v) is 7.60. The first-order valence-electron chi connectivity index (χ1n) is 6.83. The van der Waals surface area contributed by atoms with Crippen molar-refractivity contribution in [2.75, 3.05) is 0 Å². The topological polar surface area (TPSA) is 101 Å². The Labute approximate surface area is 137 Å². The lowest BCUT2D eigenvalue weighted by molar-refractivity contribution is 0.580. The average Bonchev–Trinajstić information content (AvgIpc) is 3.13. The van der Waals surface area contributed by atoms with Crippen molar-refractivity contribution in [2.45, 2.75) is 25.3 Å². The molecule has 0 radical (unpaired) electrons. The summed E-state index contributed by atoms with van der Waals surface area (Å²) < 4.78 is 27.3. The van der Waals surface area contributed by atoms with E-state index in [9.17, 15) is 8.42 Å². The molecule has 3 aromatic rings. The molecule has 0 spiro atoms. The van der Waals surface area contributed by atoms with E-state index in [1.54, 1.807) is 26.2 Å². The van der Waals surface area contributed by atoms with Gasteiger partial charge in [0.25, 0.3) is 0 Å². The number of aryl methyl sites for hydroxylation is 2. The summed E-state index contributed by atoms with van der Waals surface area (Å²) in [5.41, 5.74) is 2.73. The number of thiazole rings is 1. The van der Waals surface area contributed by atoms with Crippen molar-refractivity contribution in [3.8, 4) is 11.3 Å². The van der Waals surface area contributed by atoms with Crippen molar-refractivity contribution in [2.24, 2.45) is 0 Å². The normalized spacial score (nSPS) is 11.7. The first-order chi connectivity index (χ1) is 11.0. The van der Waals surface area contributed by atoms with Crippen LogP contribution in [0.15, 0.2) is 34.8 Å². The number of aromatic amines is 1. The van der Waals surface area contributed by atoms with E-state index < -0.39 is 10.0 Å². The van der Waals surface area contributed by atoms with Gasteiger partial charge >= 0.3 is 0 Å². The van der Waals surface area contributed by atoms with Crippen LogP contribution in [0.25, 0.3) is 11.3 Å². The molecule has 0 aliphatic carbocycles. The second-order valence-electron chi connectivity index (χ2n) is 4.95. The quantitative estimate of drug-likeness (QED) is 0.734. The van der Waals surface area contributed by atoms with Gasteiger partial charge in [-0.15, -0.1) is 11.3 Å². The summed E-state index contributed by atoms with van der Waals surface area (Å²) in [6.45, 7) is 3.48. The van der Waals surface area contributed by atoms with E-state index in [-0.39, 0.29) is 11.4 Å². The Kier molecular flexibility index (Phi) is 4.24. The van der Waals surface area contributed by atoms with Crippen molar-refractivity contribution in [1.29, 1.82) is 0 Å². The lowest BCUT2D eigenvalue weighted by atomic mass is 10.2. The van der Waals surface area contributed by atoms with Crippen LogP contribution in [-0.4, -0.2) is 28.6 Å². The third-order valence-corrected chi connectivity index (χ3v) is 5.78. The molecule has 0 atom stereocenters. The molecule has 0 aliphatic rings. The summed E-state index contributed by atoms with van der Waals surface area (Å²) in [4.78, 5) is 8.61. The van der Waals surface area contributed by atoms with Crippen LogP contribution >= 0.6 is 11.3 Å². The highest BCUT2D eigenvalue weighted by Gasteiger charge is 2.22. The number of aromatic nitrogens is 4. The molecule has 120 valence electrons. The first kappa shape index (κ1) is 15.8. The van der Waals surface area contributed by atoms with Gasteiger partial charge in [-0.05, 0) is 26.0 Å². The van der Waals surface area contributed by atoms with Crippen LogP contribution in [0.3, 0.4) is 0 Å². The van der Waals surface area contributed by atoms with Crippen LogP contribution in [0.4, 0.5) is 0 Å². The zero-order valence-electron chi connectivity index (χ0n) is 12.6. The number of hydrogen-bond donors (Lipinski definition) is 2. The van der Waals surface area contributed by atoms with Gasteiger partial charge in [-0.3, -0.25) is 10.1 Å². The molecule has 9 heteroatoms. The van der Waals surface area contributed by atoms with Crippen LogP contribution in [0.2, 0.25) is 0 Å². The molecule has 2 N–H and O–H groups in total. The van der Waals surface area contributed by atoms with E-state index in [1.165, 1.54) is 11.3 Å². The van der Waals surface area contributed by atoms with Crippen molar-refractivity contribution < 1.29 is 8.42 Å². The Morgan fingerprint density at radius 3 is 2.65 bits per heavy atom. The molecule has 7 nitrogen and oxygen atoms in total. The number of hydrogen-bond acceptors (Lipinski definition) is 6. The minimum Gasteiger partial charge on any atom is -0.281 e. The van der Waals surface area contributed by atoms with E-state index >= 15 is 0 Å². The van der Waals surface area contributed by atoms with Crippen LogP contribution in [0, 0.1) is 13.8 Å². The van der Waals surface area contributed by atoms with Crippen molar-refractivity contribution in [1.82, 2.24) is 24.9 Å². The Bertz CT molecular complexity index is 896. The summed E-state index contributed by atoms with van der Waals surface area (Å²) >= 11 is 1.41. The zero-order valence-corrected chi connectivity index (χ0v) is 14.2. The fourth-order valence-corrected chi connectivity index (χ4v) is 4.40. The standard InChI is InChI=1S/C14H15N5O2S2/c1-9-14(10(2)19-18-9)23(20,21)16-7-13-17-12(8-22-13)11-3-5-15-6-4-11/h3-6,8,16H,7H2,1-2H3,(H,18,19). The summed E-state index contributed by atoms with van der Waals surface area (Å²) in [6.07, 6.45) is 3.39. The molecule has 0 aromatic carbocycles. The molecule has 0 bridgehead atoms. The Morgan fingerprint density at radius 2 is 2.00 bits per heavy atom. The maximum Gasteiger partial charge on any atom is 0.244 e. The third kappa shape index (κ3) is 3.31. The maximum absolute atomic E-state index is 12.4. The van der Waals surface area contributed by atoms with Crippen LogP contribution in [0.1, 0.15) is 16.4 Å².